The van der Waals surface area contributed by atoms with Gasteiger partial charge in [0, 0.05) is 6.42 Å². The average molecular weight is 224 g/mol. The third-order valence-corrected chi connectivity index (χ3v) is 1.33. The minimum Gasteiger partial charge on any atom is -0.372 e. The summed E-state index contributed by atoms with van der Waals surface area (Å²) in [5.41, 5.74) is 0. The molecule has 86 valence electrons. The number of halogens is 6. The van der Waals surface area contributed by atoms with E-state index in [4.69, 9.17) is 0 Å². The predicted molar refractivity (Wildman–Crippen MR) is 37.3 cm³/mol. The fraction of sp³-hybridized carbons (Fsp3) is 1.00. The molecule has 14 heavy (non-hydrogen) atoms. The van der Waals surface area contributed by atoms with Gasteiger partial charge in [-0.1, -0.05) is 0 Å². The number of hydrogen-bond donors (Lipinski definition) is 0. The number of ether oxygens (including phenoxy) is 1. The summed E-state index contributed by atoms with van der Waals surface area (Å²) >= 11 is 0. The van der Waals surface area contributed by atoms with Gasteiger partial charge >= 0.3 is 12.3 Å². The van der Waals surface area contributed by atoms with Crippen LogP contribution < -0.4 is 0 Å². The molecule has 0 saturated carbocycles. The highest BCUT2D eigenvalue weighted by molar-refractivity contribution is 4.68. The van der Waals surface area contributed by atoms with E-state index < -0.39 is 44.8 Å². The Bertz CT molecular complexity index is 151. The van der Waals surface area contributed by atoms with Crippen LogP contribution in [0.1, 0.15) is 6.42 Å². The summed E-state index contributed by atoms with van der Waals surface area (Å²) in [6.07, 6.45) is -6.07. The lowest BCUT2D eigenvalue weighted by molar-refractivity contribution is -0.168. The molecule has 0 N–H and O–H groups in total. The Balaban J connectivity index is 3.62. The Morgan fingerprint density at radius 2 is 1.71 bits per heavy atom. The zero-order chi connectivity index (χ0) is 11.2. The van der Waals surface area contributed by atoms with E-state index in [0.717, 1.165) is 0 Å². The van der Waals surface area contributed by atoms with Crippen molar-refractivity contribution < 1.29 is 31.1 Å². The van der Waals surface area contributed by atoms with Crippen LogP contribution in [0.3, 0.4) is 0 Å². The van der Waals surface area contributed by atoms with Gasteiger partial charge in [-0.25, -0.2) is 13.2 Å². The second-order valence-electron chi connectivity index (χ2n) is 2.65. The first-order chi connectivity index (χ1) is 6.40. The monoisotopic (exact) mass is 224 g/mol. The van der Waals surface area contributed by atoms with Crippen LogP contribution in [0, 0.1) is 0 Å². The molecule has 7 heteroatoms. The van der Waals surface area contributed by atoms with Crippen molar-refractivity contribution >= 4 is 0 Å². The Kier molecular flexibility index (Phi) is 5.90. The smallest absolute Gasteiger partial charge is 0.330 e. The second-order valence-corrected chi connectivity index (χ2v) is 2.65. The van der Waals surface area contributed by atoms with Crippen molar-refractivity contribution in [1.29, 1.82) is 0 Å². The largest absolute Gasteiger partial charge is 0.372 e. The third-order valence-electron chi connectivity index (χ3n) is 1.33. The molecule has 0 aromatic rings. The Hall–Kier alpha value is -0.460. The van der Waals surface area contributed by atoms with Crippen LogP contribution in [0.15, 0.2) is 0 Å². The highest BCUT2D eigenvalue weighted by atomic mass is 19.3. The molecule has 0 radical (unpaired) electrons. The number of hydrogen-bond acceptors (Lipinski definition) is 1. The summed E-state index contributed by atoms with van der Waals surface area (Å²) in [5, 5.41) is 0. The molecule has 0 fully saturated rings. The summed E-state index contributed by atoms with van der Waals surface area (Å²) in [6.45, 7) is -3.31. The first-order valence-corrected chi connectivity index (χ1v) is 3.84. The first-order valence-electron chi connectivity index (χ1n) is 3.84. The van der Waals surface area contributed by atoms with Crippen LogP contribution in [-0.4, -0.2) is 38.4 Å². The number of rotatable bonds is 7. The fourth-order valence-corrected chi connectivity index (χ4v) is 0.588. The SMILES string of the molecule is FCCC(F)COCC(F)(F)C(F)F. The van der Waals surface area contributed by atoms with Crippen molar-refractivity contribution in [2.24, 2.45) is 0 Å². The van der Waals surface area contributed by atoms with Crippen LogP contribution in [0.25, 0.3) is 0 Å². The topological polar surface area (TPSA) is 9.23 Å². The van der Waals surface area contributed by atoms with Crippen molar-refractivity contribution in [1.82, 2.24) is 0 Å². The minimum atomic E-state index is -4.28. The molecule has 0 aromatic carbocycles. The quantitative estimate of drug-likeness (QED) is 0.604. The molecular weight excluding hydrogens is 214 g/mol. The first kappa shape index (κ1) is 13.5. The van der Waals surface area contributed by atoms with E-state index in [1.807, 2.05) is 0 Å². The number of alkyl halides is 6. The van der Waals surface area contributed by atoms with Crippen molar-refractivity contribution in [3.8, 4) is 0 Å². The maximum absolute atomic E-state index is 12.4. The molecule has 1 nitrogen and oxygen atoms in total. The molecule has 0 saturated heterocycles. The van der Waals surface area contributed by atoms with Crippen molar-refractivity contribution in [3.63, 3.8) is 0 Å². The lowest BCUT2D eigenvalue weighted by Crippen LogP contribution is -2.33. The summed E-state index contributed by atoms with van der Waals surface area (Å²) in [4.78, 5) is 0. The molecular formula is C7H10F6O. The summed E-state index contributed by atoms with van der Waals surface area (Å²) in [5.74, 6) is -4.28. The van der Waals surface area contributed by atoms with E-state index in [0.29, 0.717) is 0 Å². The van der Waals surface area contributed by atoms with E-state index in [-0.39, 0.29) is 0 Å². The third kappa shape index (κ3) is 5.31. The molecule has 0 spiro atoms. The molecule has 0 amide bonds. The molecule has 0 aliphatic heterocycles. The zero-order valence-corrected chi connectivity index (χ0v) is 7.16. The lowest BCUT2D eigenvalue weighted by atomic mass is 10.3. The molecule has 0 aliphatic carbocycles. The molecule has 0 aliphatic rings. The van der Waals surface area contributed by atoms with Gasteiger partial charge in [0.1, 0.15) is 12.8 Å². The van der Waals surface area contributed by atoms with E-state index in [2.05, 4.69) is 4.74 Å². The van der Waals surface area contributed by atoms with Crippen LogP contribution in [0.2, 0.25) is 0 Å². The van der Waals surface area contributed by atoms with Gasteiger partial charge in [-0.3, -0.25) is 4.39 Å². The molecule has 0 bridgehead atoms. The van der Waals surface area contributed by atoms with Gasteiger partial charge in [0.25, 0.3) is 0 Å². The van der Waals surface area contributed by atoms with E-state index >= 15 is 0 Å². The van der Waals surface area contributed by atoms with E-state index in [9.17, 15) is 26.3 Å². The Morgan fingerprint density at radius 1 is 1.14 bits per heavy atom. The van der Waals surface area contributed by atoms with Crippen LogP contribution in [-0.2, 0) is 4.74 Å². The molecule has 0 heterocycles. The highest BCUT2D eigenvalue weighted by Gasteiger charge is 2.41. The van der Waals surface area contributed by atoms with Gasteiger partial charge < -0.3 is 4.74 Å². The lowest BCUT2D eigenvalue weighted by Gasteiger charge is -2.15. The maximum atomic E-state index is 12.4. The van der Waals surface area contributed by atoms with Crippen LogP contribution >= 0.6 is 0 Å². The second kappa shape index (κ2) is 6.10. The van der Waals surface area contributed by atoms with Crippen LogP contribution in [0.5, 0.6) is 0 Å². The van der Waals surface area contributed by atoms with E-state index in [1.165, 1.54) is 0 Å². The predicted octanol–water partition coefficient (Wildman–Crippen LogP) is 2.60. The van der Waals surface area contributed by atoms with E-state index in [1.54, 1.807) is 0 Å². The fourth-order valence-electron chi connectivity index (χ4n) is 0.588. The van der Waals surface area contributed by atoms with Gasteiger partial charge in [0.05, 0.1) is 13.3 Å². The standard InChI is InChI=1S/C7H10F6O/c8-2-1-5(9)3-14-4-7(12,13)6(10)11/h5-6H,1-4H2. The minimum absolute atomic E-state index is 0.486. The van der Waals surface area contributed by atoms with Crippen molar-refractivity contribution in [2.75, 3.05) is 19.9 Å². The van der Waals surface area contributed by atoms with Gasteiger partial charge in [-0.05, 0) is 0 Å². The summed E-state index contributed by atoms with van der Waals surface area (Å²) in [6, 6.07) is 0. The zero-order valence-electron chi connectivity index (χ0n) is 7.16. The summed E-state index contributed by atoms with van der Waals surface area (Å²) < 4.78 is 75.1. The molecule has 1 unspecified atom stereocenters. The maximum Gasteiger partial charge on any atom is 0.330 e. The van der Waals surface area contributed by atoms with Crippen LogP contribution in [0.4, 0.5) is 26.3 Å². The van der Waals surface area contributed by atoms with Gasteiger partial charge in [0.15, 0.2) is 0 Å². The summed E-state index contributed by atoms with van der Waals surface area (Å²) in [7, 11) is 0. The molecule has 0 aromatic heterocycles. The van der Waals surface area contributed by atoms with Crippen molar-refractivity contribution in [3.05, 3.63) is 0 Å². The Morgan fingerprint density at radius 3 is 2.14 bits per heavy atom. The highest BCUT2D eigenvalue weighted by Crippen LogP contribution is 2.22. The average Bonchev–Trinajstić information content (AvgIpc) is 2.04. The normalized spacial score (nSPS) is 14.8. The van der Waals surface area contributed by atoms with Gasteiger partial charge in [0.2, 0.25) is 0 Å². The molecule has 0 rings (SSSR count). The van der Waals surface area contributed by atoms with Gasteiger partial charge in [-0.15, -0.1) is 0 Å². The Labute approximate surface area is 77.0 Å². The van der Waals surface area contributed by atoms with Crippen molar-refractivity contribution in [2.45, 2.75) is 24.9 Å². The molecule has 1 atom stereocenters. The van der Waals surface area contributed by atoms with Gasteiger partial charge in [-0.2, -0.15) is 8.78 Å².